The van der Waals surface area contributed by atoms with Crippen LogP contribution >= 0.6 is 11.8 Å². The van der Waals surface area contributed by atoms with Crippen LogP contribution in [0.1, 0.15) is 0 Å². The Morgan fingerprint density at radius 3 is 3.00 bits per heavy atom. The molecule has 6 nitrogen and oxygen atoms in total. The number of primary amides is 1. The first-order valence-corrected chi connectivity index (χ1v) is 2.81. The zero-order valence-corrected chi connectivity index (χ0v) is 5.05. The molecule has 1 heterocycles. The van der Waals surface area contributed by atoms with Crippen LogP contribution in [0.15, 0.2) is 5.16 Å². The maximum absolute atomic E-state index is 10.1. The van der Waals surface area contributed by atoms with E-state index in [0.717, 1.165) is 11.8 Å². The van der Waals surface area contributed by atoms with E-state index in [4.69, 9.17) is 5.73 Å². The highest BCUT2D eigenvalue weighted by Gasteiger charge is 2.01. The average molecular weight is 145 g/mol. The topological polar surface area (TPSA) is 97.5 Å². The Balaban J connectivity index is 2.58. The Labute approximate surface area is 54.2 Å². The second-order valence-electron chi connectivity index (χ2n) is 1.12. The van der Waals surface area contributed by atoms with Crippen LogP contribution in [0.3, 0.4) is 0 Å². The van der Waals surface area contributed by atoms with Crippen molar-refractivity contribution in [3.8, 4) is 0 Å². The van der Waals surface area contributed by atoms with E-state index in [9.17, 15) is 4.79 Å². The van der Waals surface area contributed by atoms with Crippen molar-refractivity contribution in [2.24, 2.45) is 5.73 Å². The van der Waals surface area contributed by atoms with Crippen LogP contribution in [0.4, 0.5) is 4.79 Å². The number of H-pyrrole nitrogens is 1. The van der Waals surface area contributed by atoms with E-state index in [1.165, 1.54) is 0 Å². The lowest BCUT2D eigenvalue weighted by atomic mass is 11.4. The van der Waals surface area contributed by atoms with Gasteiger partial charge in [0.2, 0.25) is 5.16 Å². The fourth-order valence-electron chi connectivity index (χ4n) is 0.286. The zero-order valence-electron chi connectivity index (χ0n) is 4.24. The van der Waals surface area contributed by atoms with Gasteiger partial charge in [0, 0.05) is 11.8 Å². The van der Waals surface area contributed by atoms with Crippen LogP contribution in [0, 0.1) is 0 Å². The Morgan fingerprint density at radius 1 is 1.78 bits per heavy atom. The predicted molar refractivity (Wildman–Crippen MR) is 29.6 cm³/mol. The van der Waals surface area contributed by atoms with Crippen LogP contribution in [0.2, 0.25) is 0 Å². The van der Waals surface area contributed by atoms with Gasteiger partial charge in [0.15, 0.2) is 0 Å². The summed E-state index contributed by atoms with van der Waals surface area (Å²) >= 11 is 0.728. The van der Waals surface area contributed by atoms with Gasteiger partial charge in [0.05, 0.1) is 0 Å². The van der Waals surface area contributed by atoms with Gasteiger partial charge in [-0.15, -0.1) is 10.2 Å². The van der Waals surface area contributed by atoms with Crippen molar-refractivity contribution in [1.29, 1.82) is 0 Å². The van der Waals surface area contributed by atoms with E-state index in [-0.39, 0.29) is 5.16 Å². The Morgan fingerprint density at radius 2 is 2.56 bits per heavy atom. The number of carbonyl (C=O) groups is 1. The molecule has 1 aromatic heterocycles. The summed E-state index contributed by atoms with van der Waals surface area (Å²) in [6.07, 6.45) is 0. The van der Waals surface area contributed by atoms with E-state index in [0.29, 0.717) is 0 Å². The molecule has 48 valence electrons. The first kappa shape index (κ1) is 6.02. The number of rotatable bonds is 1. The van der Waals surface area contributed by atoms with Crippen LogP contribution in [0.25, 0.3) is 0 Å². The fourth-order valence-corrected chi connectivity index (χ4v) is 0.634. The van der Waals surface area contributed by atoms with Gasteiger partial charge in [-0.3, -0.25) is 4.79 Å². The smallest absolute Gasteiger partial charge is 0.284 e. The molecule has 1 aromatic rings. The van der Waals surface area contributed by atoms with Crippen molar-refractivity contribution in [1.82, 2.24) is 20.6 Å². The molecule has 1 rings (SSSR count). The SMILES string of the molecule is NC(=O)Sc1nn[nH]n1. The third-order valence-corrected chi connectivity index (χ3v) is 1.07. The molecule has 7 heteroatoms. The van der Waals surface area contributed by atoms with Gasteiger partial charge < -0.3 is 5.73 Å². The number of nitrogens with zero attached hydrogens (tertiary/aromatic N) is 3. The van der Waals surface area contributed by atoms with Gasteiger partial charge in [0.1, 0.15) is 0 Å². The number of nitrogens with two attached hydrogens (primary N) is 1. The fraction of sp³-hybridized carbons (Fsp3) is 0. The normalized spacial score (nSPS) is 9.33. The van der Waals surface area contributed by atoms with Gasteiger partial charge in [-0.1, -0.05) is 0 Å². The van der Waals surface area contributed by atoms with Crippen molar-refractivity contribution >= 4 is 17.0 Å². The summed E-state index contributed by atoms with van der Waals surface area (Å²) in [5.74, 6) is 0. The number of nitrogens with one attached hydrogen (secondary N) is 1. The molecule has 0 unspecified atom stereocenters. The monoisotopic (exact) mass is 145 g/mol. The van der Waals surface area contributed by atoms with Crippen LogP contribution < -0.4 is 5.73 Å². The summed E-state index contributed by atoms with van der Waals surface area (Å²) in [6, 6.07) is 0. The third kappa shape index (κ3) is 1.68. The molecule has 0 aliphatic carbocycles. The number of aromatic nitrogens is 4. The minimum absolute atomic E-state index is 0.238. The molecule has 0 spiro atoms. The first-order chi connectivity index (χ1) is 4.29. The van der Waals surface area contributed by atoms with Crippen molar-refractivity contribution in [2.75, 3.05) is 0 Å². The number of hydrogen-bond donors (Lipinski definition) is 2. The molecule has 3 N–H and O–H groups in total. The van der Waals surface area contributed by atoms with E-state index in [1.807, 2.05) is 0 Å². The lowest BCUT2D eigenvalue weighted by Crippen LogP contribution is -2.01. The molecule has 0 saturated heterocycles. The molecule has 0 atom stereocenters. The van der Waals surface area contributed by atoms with E-state index in [1.54, 1.807) is 0 Å². The highest BCUT2D eigenvalue weighted by molar-refractivity contribution is 8.13. The van der Waals surface area contributed by atoms with Gasteiger partial charge in [-0.25, -0.2) is 0 Å². The molecule has 0 aliphatic heterocycles. The Hall–Kier alpha value is -1.11. The van der Waals surface area contributed by atoms with Gasteiger partial charge in [-0.05, 0) is 5.21 Å². The number of thioether (sulfide) groups is 1. The largest absolute Gasteiger partial charge is 0.360 e. The van der Waals surface area contributed by atoms with Crippen molar-refractivity contribution in [3.63, 3.8) is 0 Å². The lowest BCUT2D eigenvalue weighted by molar-refractivity contribution is 0.267. The summed E-state index contributed by atoms with van der Waals surface area (Å²) in [6.45, 7) is 0. The standard InChI is InChI=1S/C2H3N5OS/c3-1(8)9-2-4-6-7-5-2/h(H2,3,8)(H,4,5,6,7). The van der Waals surface area contributed by atoms with Crippen molar-refractivity contribution in [2.45, 2.75) is 5.16 Å². The second kappa shape index (κ2) is 2.44. The molecule has 0 fully saturated rings. The lowest BCUT2D eigenvalue weighted by Gasteiger charge is -1.81. The second-order valence-corrected chi connectivity index (χ2v) is 2.09. The number of amides is 1. The number of aromatic amines is 1. The third-order valence-electron chi connectivity index (χ3n) is 0.518. The van der Waals surface area contributed by atoms with Crippen LogP contribution in [-0.2, 0) is 0 Å². The summed E-state index contributed by atoms with van der Waals surface area (Å²) in [5.41, 5.74) is 4.79. The van der Waals surface area contributed by atoms with Gasteiger partial charge in [0.25, 0.3) is 5.24 Å². The molecule has 0 aliphatic rings. The van der Waals surface area contributed by atoms with E-state index in [2.05, 4.69) is 20.6 Å². The Bertz CT molecular complexity index is 195. The minimum atomic E-state index is -0.545. The molecule has 9 heavy (non-hydrogen) atoms. The summed E-state index contributed by atoms with van der Waals surface area (Å²) in [4.78, 5) is 10.1. The number of hydrogen-bond acceptors (Lipinski definition) is 5. The predicted octanol–water partition coefficient (Wildman–Crippen LogP) is -0.630. The van der Waals surface area contributed by atoms with Gasteiger partial charge >= 0.3 is 0 Å². The maximum atomic E-state index is 10.1. The highest BCUT2D eigenvalue weighted by Crippen LogP contribution is 2.07. The molecular weight excluding hydrogens is 142 g/mol. The molecule has 0 radical (unpaired) electrons. The highest BCUT2D eigenvalue weighted by atomic mass is 32.2. The average Bonchev–Trinajstić information content (AvgIpc) is 2.15. The van der Waals surface area contributed by atoms with Crippen molar-refractivity contribution in [3.05, 3.63) is 0 Å². The van der Waals surface area contributed by atoms with Crippen molar-refractivity contribution < 1.29 is 4.79 Å². The summed E-state index contributed by atoms with van der Waals surface area (Å²) in [7, 11) is 0. The van der Waals surface area contributed by atoms with Crippen LogP contribution in [-0.4, -0.2) is 25.9 Å². The van der Waals surface area contributed by atoms with E-state index >= 15 is 0 Å². The quantitative estimate of drug-likeness (QED) is 0.513. The molecular formula is C2H3N5OS. The molecule has 0 saturated carbocycles. The minimum Gasteiger partial charge on any atom is -0.360 e. The summed E-state index contributed by atoms with van der Waals surface area (Å²) in [5, 5.41) is 12.0. The summed E-state index contributed by atoms with van der Waals surface area (Å²) < 4.78 is 0. The van der Waals surface area contributed by atoms with E-state index < -0.39 is 5.24 Å². The zero-order chi connectivity index (χ0) is 6.69. The van der Waals surface area contributed by atoms with Crippen LogP contribution in [0.5, 0.6) is 0 Å². The maximum Gasteiger partial charge on any atom is 0.284 e. The molecule has 0 bridgehead atoms. The first-order valence-electron chi connectivity index (χ1n) is 2.00. The van der Waals surface area contributed by atoms with Gasteiger partial charge in [-0.2, -0.15) is 5.21 Å². The number of tetrazole rings is 1. The number of carbonyl (C=O) groups excluding carboxylic acids is 1. The molecule has 1 amide bonds. The molecule has 0 aromatic carbocycles. The Kier molecular flexibility index (Phi) is 1.63.